The van der Waals surface area contributed by atoms with E-state index in [1.807, 2.05) is 0 Å². The molecule has 0 radical (unpaired) electrons. The minimum Gasteiger partial charge on any atom is -0.463 e. The van der Waals surface area contributed by atoms with Crippen LogP contribution in [0.25, 0.3) is 5.70 Å². The Bertz CT molecular complexity index is 940. The lowest BCUT2D eigenvalue weighted by Gasteiger charge is -2.31. The SMILES string of the molecule is COC(=O)C(=O)C1=C(c2ccccc2)NC(=S)N[C@@H]1c1c(F)cccc1F. The van der Waals surface area contributed by atoms with Gasteiger partial charge in [-0.05, 0) is 29.9 Å². The summed E-state index contributed by atoms with van der Waals surface area (Å²) in [5, 5.41) is 5.54. The summed E-state index contributed by atoms with van der Waals surface area (Å²) in [4.78, 5) is 24.7. The third-order valence-corrected chi connectivity index (χ3v) is 4.26. The van der Waals surface area contributed by atoms with Crippen molar-refractivity contribution in [1.29, 1.82) is 0 Å². The number of ketones is 1. The van der Waals surface area contributed by atoms with Gasteiger partial charge in [0.25, 0.3) is 5.78 Å². The smallest absolute Gasteiger partial charge is 0.379 e. The number of Topliss-reactive ketones (excluding diaryl/α,β-unsaturated/α-hetero) is 1. The van der Waals surface area contributed by atoms with Crippen LogP contribution in [0.15, 0.2) is 54.1 Å². The average Bonchev–Trinajstić information content (AvgIpc) is 2.67. The van der Waals surface area contributed by atoms with Crippen LogP contribution in [0.1, 0.15) is 17.2 Å². The van der Waals surface area contributed by atoms with Gasteiger partial charge < -0.3 is 15.4 Å². The third kappa shape index (κ3) is 3.56. The second-order valence-electron chi connectivity index (χ2n) is 5.64. The largest absolute Gasteiger partial charge is 0.463 e. The minimum atomic E-state index is -1.30. The minimum absolute atomic E-state index is 0.0583. The Hall–Kier alpha value is -3.13. The molecule has 0 saturated heterocycles. The van der Waals surface area contributed by atoms with Crippen molar-refractivity contribution in [2.75, 3.05) is 7.11 Å². The van der Waals surface area contributed by atoms with Crippen LogP contribution in [0.2, 0.25) is 0 Å². The fraction of sp³-hybridized carbons (Fsp3) is 0.105. The first-order valence-corrected chi connectivity index (χ1v) is 8.28. The van der Waals surface area contributed by atoms with Gasteiger partial charge in [-0.3, -0.25) is 4.79 Å². The number of thiocarbonyl (C=S) groups is 1. The van der Waals surface area contributed by atoms with E-state index < -0.39 is 35.0 Å². The molecular formula is C19H14F2N2O3S. The molecule has 0 bridgehead atoms. The summed E-state index contributed by atoms with van der Waals surface area (Å²) in [6, 6.07) is 10.6. The van der Waals surface area contributed by atoms with Gasteiger partial charge in [0.15, 0.2) is 5.11 Å². The highest BCUT2D eigenvalue weighted by atomic mass is 32.1. The molecule has 0 unspecified atom stereocenters. The van der Waals surface area contributed by atoms with Crippen molar-refractivity contribution >= 4 is 34.8 Å². The van der Waals surface area contributed by atoms with Gasteiger partial charge >= 0.3 is 5.97 Å². The number of ether oxygens (including phenoxy) is 1. The summed E-state index contributed by atoms with van der Waals surface area (Å²) >= 11 is 5.15. The Labute approximate surface area is 159 Å². The van der Waals surface area contributed by atoms with E-state index in [9.17, 15) is 18.4 Å². The molecule has 0 fully saturated rings. The van der Waals surface area contributed by atoms with Crippen LogP contribution in [0.5, 0.6) is 0 Å². The normalized spacial score (nSPS) is 16.4. The van der Waals surface area contributed by atoms with Gasteiger partial charge in [0.1, 0.15) is 11.6 Å². The zero-order valence-corrected chi connectivity index (χ0v) is 14.9. The second kappa shape index (κ2) is 7.63. The molecule has 8 heteroatoms. The molecule has 0 saturated carbocycles. The monoisotopic (exact) mass is 388 g/mol. The van der Waals surface area contributed by atoms with Crippen molar-refractivity contribution in [3.63, 3.8) is 0 Å². The summed E-state index contributed by atoms with van der Waals surface area (Å²) in [5.74, 6) is -3.94. The summed E-state index contributed by atoms with van der Waals surface area (Å²) in [6.45, 7) is 0. The summed E-state index contributed by atoms with van der Waals surface area (Å²) < 4.78 is 33.4. The predicted molar refractivity (Wildman–Crippen MR) is 98.4 cm³/mol. The molecular weight excluding hydrogens is 374 g/mol. The molecule has 1 heterocycles. The first kappa shape index (κ1) is 18.7. The average molecular weight is 388 g/mol. The highest BCUT2D eigenvalue weighted by Gasteiger charge is 2.38. The van der Waals surface area contributed by atoms with Crippen LogP contribution >= 0.6 is 12.2 Å². The van der Waals surface area contributed by atoms with Crippen LogP contribution < -0.4 is 10.6 Å². The highest BCUT2D eigenvalue weighted by molar-refractivity contribution is 7.80. The van der Waals surface area contributed by atoms with E-state index in [1.54, 1.807) is 30.3 Å². The molecule has 0 aromatic heterocycles. The lowest BCUT2D eigenvalue weighted by Crippen LogP contribution is -2.46. The van der Waals surface area contributed by atoms with Gasteiger partial charge in [-0.2, -0.15) is 0 Å². The standard InChI is InChI=1S/C19H14F2N2O3S/c1-26-18(25)17(24)14-15(10-6-3-2-4-7-10)22-19(27)23-16(14)13-11(20)8-5-9-12(13)21/h2-9,16H,1H3,(H2,22,23,27)/t16-/m1/s1. The number of carbonyl (C=O) groups is 2. The van der Waals surface area contributed by atoms with Crippen LogP contribution in [-0.4, -0.2) is 24.0 Å². The van der Waals surface area contributed by atoms with Gasteiger partial charge in [-0.15, -0.1) is 0 Å². The quantitative estimate of drug-likeness (QED) is 0.477. The van der Waals surface area contributed by atoms with E-state index in [2.05, 4.69) is 15.4 Å². The summed E-state index contributed by atoms with van der Waals surface area (Å²) in [7, 11) is 1.05. The number of halogens is 2. The number of benzene rings is 2. The topological polar surface area (TPSA) is 67.4 Å². The third-order valence-electron chi connectivity index (χ3n) is 4.04. The van der Waals surface area contributed by atoms with E-state index in [0.717, 1.165) is 19.2 Å². The Kier molecular flexibility index (Phi) is 5.27. The lowest BCUT2D eigenvalue weighted by atomic mass is 9.89. The van der Waals surface area contributed by atoms with E-state index >= 15 is 0 Å². The molecule has 5 nitrogen and oxygen atoms in total. The number of nitrogens with one attached hydrogen (secondary N) is 2. The first-order chi connectivity index (χ1) is 12.9. The molecule has 1 aliphatic rings. The molecule has 2 aromatic carbocycles. The molecule has 0 spiro atoms. The van der Waals surface area contributed by atoms with Crippen molar-refractivity contribution in [2.45, 2.75) is 6.04 Å². The molecule has 1 atom stereocenters. The summed E-state index contributed by atoms with van der Waals surface area (Å²) in [5.41, 5.74) is 0.102. The molecule has 3 rings (SSSR count). The van der Waals surface area contributed by atoms with Gasteiger partial charge in [0, 0.05) is 0 Å². The van der Waals surface area contributed by atoms with E-state index in [1.165, 1.54) is 6.07 Å². The van der Waals surface area contributed by atoms with Gasteiger partial charge in [-0.1, -0.05) is 36.4 Å². The maximum absolute atomic E-state index is 14.4. The molecule has 1 aliphatic heterocycles. The fourth-order valence-electron chi connectivity index (χ4n) is 2.85. The highest BCUT2D eigenvalue weighted by Crippen LogP contribution is 2.34. The molecule has 2 N–H and O–H groups in total. The predicted octanol–water partition coefficient (Wildman–Crippen LogP) is 2.64. The van der Waals surface area contributed by atoms with Crippen LogP contribution in [0.4, 0.5) is 8.78 Å². The van der Waals surface area contributed by atoms with Crippen LogP contribution in [-0.2, 0) is 14.3 Å². The number of esters is 1. The number of methoxy groups -OCH3 is 1. The Morgan fingerprint density at radius 3 is 2.26 bits per heavy atom. The number of hydrogen-bond acceptors (Lipinski definition) is 4. The van der Waals surface area contributed by atoms with E-state index in [-0.39, 0.29) is 16.4 Å². The first-order valence-electron chi connectivity index (χ1n) is 7.87. The van der Waals surface area contributed by atoms with Crippen LogP contribution in [0.3, 0.4) is 0 Å². The van der Waals surface area contributed by atoms with Crippen molar-refractivity contribution in [2.24, 2.45) is 0 Å². The zero-order valence-electron chi connectivity index (χ0n) is 14.1. The van der Waals surface area contributed by atoms with Crippen LogP contribution in [0, 0.1) is 11.6 Å². The molecule has 2 aromatic rings. The summed E-state index contributed by atoms with van der Waals surface area (Å²) in [6.07, 6.45) is 0. The number of hydrogen-bond donors (Lipinski definition) is 2. The maximum atomic E-state index is 14.4. The fourth-order valence-corrected chi connectivity index (χ4v) is 3.07. The zero-order chi connectivity index (χ0) is 19.6. The Morgan fingerprint density at radius 1 is 1.04 bits per heavy atom. The maximum Gasteiger partial charge on any atom is 0.379 e. The van der Waals surface area contributed by atoms with Crippen molar-refractivity contribution in [3.05, 3.63) is 76.9 Å². The Balaban J connectivity index is 2.29. The second-order valence-corrected chi connectivity index (χ2v) is 6.05. The van der Waals surface area contributed by atoms with Gasteiger partial charge in [-0.25, -0.2) is 13.6 Å². The Morgan fingerprint density at radius 2 is 1.67 bits per heavy atom. The molecule has 0 aliphatic carbocycles. The van der Waals surface area contributed by atoms with Gasteiger partial charge in [0.05, 0.1) is 30.0 Å². The number of carbonyl (C=O) groups excluding carboxylic acids is 2. The van der Waals surface area contributed by atoms with E-state index in [4.69, 9.17) is 12.2 Å². The molecule has 138 valence electrons. The molecule has 27 heavy (non-hydrogen) atoms. The van der Waals surface area contributed by atoms with Gasteiger partial charge in [0.2, 0.25) is 0 Å². The van der Waals surface area contributed by atoms with E-state index in [0.29, 0.717) is 5.56 Å². The lowest BCUT2D eigenvalue weighted by molar-refractivity contribution is -0.150. The van der Waals surface area contributed by atoms with Crippen molar-refractivity contribution in [1.82, 2.24) is 10.6 Å². The number of rotatable bonds is 4. The van der Waals surface area contributed by atoms with Crippen molar-refractivity contribution < 1.29 is 23.1 Å². The molecule has 0 amide bonds. The van der Waals surface area contributed by atoms with Crippen molar-refractivity contribution in [3.8, 4) is 0 Å².